The van der Waals surface area contributed by atoms with Gasteiger partial charge in [0.1, 0.15) is 17.4 Å². The van der Waals surface area contributed by atoms with Crippen LogP contribution in [0.2, 0.25) is 0 Å². The van der Waals surface area contributed by atoms with Crippen molar-refractivity contribution < 1.29 is 19.4 Å². The molecule has 27 heavy (non-hydrogen) atoms. The van der Waals surface area contributed by atoms with Crippen molar-refractivity contribution in [3.63, 3.8) is 0 Å². The predicted molar refractivity (Wildman–Crippen MR) is 95.0 cm³/mol. The average Bonchev–Trinajstić information content (AvgIpc) is 2.65. The van der Waals surface area contributed by atoms with E-state index in [1.165, 1.54) is 43.5 Å². The van der Waals surface area contributed by atoms with E-state index in [-0.39, 0.29) is 28.4 Å². The molecule has 0 spiro atoms. The van der Waals surface area contributed by atoms with Crippen LogP contribution in [-0.2, 0) is 4.79 Å². The van der Waals surface area contributed by atoms with Gasteiger partial charge < -0.3 is 10.1 Å². The van der Waals surface area contributed by atoms with Crippen LogP contribution in [0.25, 0.3) is 6.08 Å². The molecule has 0 unspecified atom stereocenters. The molecule has 1 amide bonds. The maximum absolute atomic E-state index is 12.4. The zero-order chi connectivity index (χ0) is 20.0. The minimum atomic E-state index is -0.894. The fraction of sp³-hybridized carbons (Fsp3) is 0.0588. The third-order valence-electron chi connectivity index (χ3n) is 3.44. The second-order valence-electron chi connectivity index (χ2n) is 5.08. The predicted octanol–water partition coefficient (Wildman–Crippen LogP) is 3.06. The van der Waals surface area contributed by atoms with E-state index in [0.29, 0.717) is 0 Å². The summed E-state index contributed by atoms with van der Waals surface area (Å²) in [5.41, 5.74) is -0.920. The molecule has 2 aromatic carbocycles. The highest BCUT2D eigenvalue weighted by atomic mass is 16.6. The zero-order valence-corrected chi connectivity index (χ0v) is 13.9. The molecule has 10 heteroatoms. The van der Waals surface area contributed by atoms with Crippen LogP contribution in [0.5, 0.6) is 5.75 Å². The number of anilines is 1. The second kappa shape index (κ2) is 8.21. The second-order valence-corrected chi connectivity index (χ2v) is 5.08. The summed E-state index contributed by atoms with van der Waals surface area (Å²) in [5, 5.41) is 33.5. The Morgan fingerprint density at radius 2 is 1.89 bits per heavy atom. The number of carbonyl (C=O) groups excluding carboxylic acids is 1. The van der Waals surface area contributed by atoms with E-state index in [1.54, 1.807) is 6.07 Å². The third kappa shape index (κ3) is 4.43. The van der Waals surface area contributed by atoms with Crippen molar-refractivity contribution in [2.24, 2.45) is 0 Å². The Morgan fingerprint density at radius 3 is 2.48 bits per heavy atom. The van der Waals surface area contributed by atoms with Gasteiger partial charge in [0.05, 0.1) is 28.2 Å². The molecule has 0 aliphatic heterocycles. The molecule has 0 bridgehead atoms. The van der Waals surface area contributed by atoms with Crippen LogP contribution in [-0.4, -0.2) is 22.9 Å². The topological polar surface area (TPSA) is 148 Å². The number of para-hydroxylation sites is 1. The largest absolute Gasteiger partial charge is 0.495 e. The number of ether oxygens (including phenoxy) is 1. The first-order valence-corrected chi connectivity index (χ1v) is 7.36. The van der Waals surface area contributed by atoms with Gasteiger partial charge in [0.25, 0.3) is 17.3 Å². The van der Waals surface area contributed by atoms with Crippen molar-refractivity contribution in [3.8, 4) is 11.8 Å². The maximum Gasteiger partial charge on any atom is 0.276 e. The summed E-state index contributed by atoms with van der Waals surface area (Å²) < 4.78 is 5.03. The lowest BCUT2D eigenvalue weighted by Crippen LogP contribution is -2.14. The number of methoxy groups -OCH3 is 1. The van der Waals surface area contributed by atoms with E-state index in [2.05, 4.69) is 5.32 Å². The molecule has 2 aromatic rings. The Labute approximate surface area is 152 Å². The molecular weight excluding hydrogens is 356 g/mol. The summed E-state index contributed by atoms with van der Waals surface area (Å²) in [6.07, 6.45) is 1.07. The lowest BCUT2D eigenvalue weighted by atomic mass is 10.1. The molecule has 2 rings (SSSR count). The van der Waals surface area contributed by atoms with Crippen LogP contribution in [0.4, 0.5) is 17.1 Å². The summed E-state index contributed by atoms with van der Waals surface area (Å²) in [6.45, 7) is 0. The number of benzene rings is 2. The number of carbonyl (C=O) groups is 1. The van der Waals surface area contributed by atoms with Crippen molar-refractivity contribution in [2.45, 2.75) is 0 Å². The molecule has 0 saturated heterocycles. The maximum atomic E-state index is 12.4. The fourth-order valence-corrected chi connectivity index (χ4v) is 2.18. The average molecular weight is 368 g/mol. The van der Waals surface area contributed by atoms with Gasteiger partial charge in [-0.1, -0.05) is 12.1 Å². The van der Waals surface area contributed by atoms with Gasteiger partial charge >= 0.3 is 0 Å². The Bertz CT molecular complexity index is 993. The van der Waals surface area contributed by atoms with E-state index in [0.717, 1.165) is 12.1 Å². The van der Waals surface area contributed by atoms with Gasteiger partial charge in [0, 0.05) is 18.2 Å². The number of nitrogens with one attached hydrogen (secondary N) is 1. The lowest BCUT2D eigenvalue weighted by molar-refractivity contribution is -0.385. The van der Waals surface area contributed by atoms with Crippen LogP contribution in [0.3, 0.4) is 0 Å². The molecule has 0 fully saturated rings. The third-order valence-corrected chi connectivity index (χ3v) is 3.44. The zero-order valence-electron chi connectivity index (χ0n) is 13.9. The molecule has 0 radical (unpaired) electrons. The first-order chi connectivity index (χ1) is 12.9. The van der Waals surface area contributed by atoms with Gasteiger partial charge in [-0.3, -0.25) is 25.0 Å². The number of nitriles is 1. The standard InChI is InChI=1S/C17H12N4O6/c1-27-16-7-6-13(20(23)24)9-14(16)19-17(22)12(10-18)8-11-4-2-3-5-15(11)21(25)26/h2-9H,1H3,(H,19,22)/b12-8+. The summed E-state index contributed by atoms with van der Waals surface area (Å²) in [6, 6.07) is 10.8. The molecule has 0 atom stereocenters. The van der Waals surface area contributed by atoms with E-state index < -0.39 is 21.3 Å². The number of hydrogen-bond donors (Lipinski definition) is 1. The molecule has 0 heterocycles. The molecule has 10 nitrogen and oxygen atoms in total. The Hall–Kier alpha value is -4.26. The Balaban J connectivity index is 2.39. The minimum absolute atomic E-state index is 0.0135. The molecule has 0 aliphatic carbocycles. The number of amides is 1. The van der Waals surface area contributed by atoms with Gasteiger partial charge in [-0.2, -0.15) is 5.26 Å². The number of hydrogen-bond acceptors (Lipinski definition) is 7. The Morgan fingerprint density at radius 1 is 1.19 bits per heavy atom. The number of rotatable bonds is 6. The molecule has 0 aromatic heterocycles. The quantitative estimate of drug-likeness (QED) is 0.356. The minimum Gasteiger partial charge on any atom is -0.495 e. The SMILES string of the molecule is COc1ccc([N+](=O)[O-])cc1NC(=O)/C(C#N)=C/c1ccccc1[N+](=O)[O-]. The fourth-order valence-electron chi connectivity index (χ4n) is 2.18. The first kappa shape index (κ1) is 19.1. The summed E-state index contributed by atoms with van der Waals surface area (Å²) in [4.78, 5) is 33.0. The summed E-state index contributed by atoms with van der Waals surface area (Å²) >= 11 is 0. The number of nitro benzene ring substituents is 2. The van der Waals surface area contributed by atoms with Crippen LogP contribution in [0, 0.1) is 31.6 Å². The summed E-state index contributed by atoms with van der Waals surface area (Å²) in [7, 11) is 1.31. The van der Waals surface area contributed by atoms with Crippen LogP contribution >= 0.6 is 0 Å². The van der Waals surface area contributed by atoms with Crippen molar-refractivity contribution in [3.05, 3.63) is 73.8 Å². The smallest absolute Gasteiger partial charge is 0.276 e. The van der Waals surface area contributed by atoms with Gasteiger partial charge in [-0.15, -0.1) is 0 Å². The van der Waals surface area contributed by atoms with Gasteiger partial charge in [-0.25, -0.2) is 0 Å². The number of nitrogens with zero attached hydrogens (tertiary/aromatic N) is 3. The highest BCUT2D eigenvalue weighted by molar-refractivity contribution is 6.10. The normalized spacial score (nSPS) is 10.6. The number of nitro groups is 2. The first-order valence-electron chi connectivity index (χ1n) is 7.36. The monoisotopic (exact) mass is 368 g/mol. The van der Waals surface area contributed by atoms with Gasteiger partial charge in [0.15, 0.2) is 0 Å². The van der Waals surface area contributed by atoms with Crippen molar-refractivity contribution >= 4 is 29.0 Å². The number of non-ortho nitro benzene ring substituents is 1. The van der Waals surface area contributed by atoms with E-state index in [1.807, 2.05) is 0 Å². The van der Waals surface area contributed by atoms with Gasteiger partial charge in [0.2, 0.25) is 0 Å². The lowest BCUT2D eigenvalue weighted by Gasteiger charge is -2.09. The van der Waals surface area contributed by atoms with E-state index in [4.69, 9.17) is 4.74 Å². The molecule has 0 aliphatic rings. The molecular formula is C17H12N4O6. The molecule has 1 N–H and O–H groups in total. The van der Waals surface area contributed by atoms with Crippen molar-refractivity contribution in [1.29, 1.82) is 5.26 Å². The van der Waals surface area contributed by atoms with Crippen LogP contribution in [0.15, 0.2) is 48.0 Å². The Kier molecular flexibility index (Phi) is 5.80. The highest BCUT2D eigenvalue weighted by Gasteiger charge is 2.18. The van der Waals surface area contributed by atoms with Crippen LogP contribution < -0.4 is 10.1 Å². The van der Waals surface area contributed by atoms with Gasteiger partial charge in [-0.05, 0) is 18.2 Å². The molecule has 136 valence electrons. The van der Waals surface area contributed by atoms with Crippen molar-refractivity contribution in [1.82, 2.24) is 0 Å². The summed E-state index contributed by atoms with van der Waals surface area (Å²) in [5.74, 6) is -0.744. The van der Waals surface area contributed by atoms with E-state index >= 15 is 0 Å². The highest BCUT2D eigenvalue weighted by Crippen LogP contribution is 2.29. The van der Waals surface area contributed by atoms with Crippen molar-refractivity contribution in [2.75, 3.05) is 12.4 Å². The van der Waals surface area contributed by atoms with E-state index in [9.17, 15) is 30.3 Å². The van der Waals surface area contributed by atoms with Crippen LogP contribution in [0.1, 0.15) is 5.56 Å². The molecule has 0 saturated carbocycles.